The molecule has 2 rings (SSSR count). The van der Waals surface area contributed by atoms with Gasteiger partial charge in [0.1, 0.15) is 0 Å². The standard InChI is InChI=1S/C9H18N2O2/c1-11-3-5-13-7-9(11)8-6-12-4-2-10-8/h8-10H,2-7H2,1H3. The third-order valence-electron chi connectivity index (χ3n) is 2.86. The highest BCUT2D eigenvalue weighted by molar-refractivity contribution is 4.86. The molecule has 0 aromatic rings. The van der Waals surface area contributed by atoms with Crippen molar-refractivity contribution in [3.05, 3.63) is 0 Å². The van der Waals surface area contributed by atoms with Gasteiger partial charge in [0, 0.05) is 19.1 Å². The SMILES string of the molecule is CN1CCOCC1C1COCCN1. The lowest BCUT2D eigenvalue weighted by Gasteiger charge is -2.39. The molecule has 4 heteroatoms. The van der Waals surface area contributed by atoms with Crippen LogP contribution in [0.1, 0.15) is 0 Å². The summed E-state index contributed by atoms with van der Waals surface area (Å²) in [6.45, 7) is 5.35. The minimum absolute atomic E-state index is 0.444. The van der Waals surface area contributed by atoms with Crippen molar-refractivity contribution in [3.63, 3.8) is 0 Å². The maximum absolute atomic E-state index is 5.47. The van der Waals surface area contributed by atoms with Crippen LogP contribution in [-0.4, -0.2) is 63.5 Å². The van der Waals surface area contributed by atoms with Crippen LogP contribution >= 0.6 is 0 Å². The maximum atomic E-state index is 5.47. The summed E-state index contributed by atoms with van der Waals surface area (Å²) in [5.74, 6) is 0. The van der Waals surface area contributed by atoms with Crippen molar-refractivity contribution >= 4 is 0 Å². The van der Waals surface area contributed by atoms with Crippen LogP contribution in [0.25, 0.3) is 0 Å². The smallest absolute Gasteiger partial charge is 0.0638 e. The molecule has 1 N–H and O–H groups in total. The van der Waals surface area contributed by atoms with Gasteiger partial charge in [-0.1, -0.05) is 0 Å². The largest absolute Gasteiger partial charge is 0.378 e. The zero-order chi connectivity index (χ0) is 9.10. The Kier molecular flexibility index (Phi) is 3.16. The van der Waals surface area contributed by atoms with Crippen molar-refractivity contribution in [1.82, 2.24) is 10.2 Å². The van der Waals surface area contributed by atoms with Crippen LogP contribution in [0, 0.1) is 0 Å². The van der Waals surface area contributed by atoms with E-state index in [4.69, 9.17) is 9.47 Å². The molecule has 13 heavy (non-hydrogen) atoms. The predicted octanol–water partition coefficient (Wildman–Crippen LogP) is -0.695. The van der Waals surface area contributed by atoms with E-state index < -0.39 is 0 Å². The minimum Gasteiger partial charge on any atom is -0.378 e. The molecule has 0 amide bonds. The molecule has 2 saturated heterocycles. The van der Waals surface area contributed by atoms with E-state index in [9.17, 15) is 0 Å². The molecule has 2 unspecified atom stereocenters. The van der Waals surface area contributed by atoms with Crippen LogP contribution in [0.4, 0.5) is 0 Å². The van der Waals surface area contributed by atoms with Crippen LogP contribution in [0.5, 0.6) is 0 Å². The highest BCUT2D eigenvalue weighted by Crippen LogP contribution is 2.10. The van der Waals surface area contributed by atoms with E-state index in [1.807, 2.05) is 0 Å². The molecule has 0 aromatic carbocycles. The molecule has 4 nitrogen and oxygen atoms in total. The van der Waals surface area contributed by atoms with Crippen molar-refractivity contribution in [3.8, 4) is 0 Å². The summed E-state index contributed by atoms with van der Waals surface area (Å²) < 4.78 is 10.9. The van der Waals surface area contributed by atoms with Gasteiger partial charge in [0.15, 0.2) is 0 Å². The van der Waals surface area contributed by atoms with Gasteiger partial charge >= 0.3 is 0 Å². The number of nitrogens with one attached hydrogen (secondary N) is 1. The quantitative estimate of drug-likeness (QED) is 0.587. The Balaban J connectivity index is 1.88. The summed E-state index contributed by atoms with van der Waals surface area (Å²) in [6.07, 6.45) is 0. The molecular weight excluding hydrogens is 168 g/mol. The summed E-state index contributed by atoms with van der Waals surface area (Å²) >= 11 is 0. The first-order valence-corrected chi connectivity index (χ1v) is 4.97. The van der Waals surface area contributed by atoms with Crippen LogP contribution in [-0.2, 0) is 9.47 Å². The van der Waals surface area contributed by atoms with Gasteiger partial charge in [-0.2, -0.15) is 0 Å². The molecule has 2 fully saturated rings. The average Bonchev–Trinajstić information content (AvgIpc) is 2.20. The van der Waals surface area contributed by atoms with E-state index >= 15 is 0 Å². The molecule has 0 saturated carbocycles. The molecule has 0 spiro atoms. The Bertz CT molecular complexity index is 160. The zero-order valence-corrected chi connectivity index (χ0v) is 8.16. The Morgan fingerprint density at radius 1 is 1.23 bits per heavy atom. The molecule has 0 aromatic heterocycles. The number of ether oxygens (including phenoxy) is 2. The summed E-state index contributed by atoms with van der Waals surface area (Å²) in [6, 6.07) is 0.924. The van der Waals surface area contributed by atoms with Gasteiger partial charge in [0.05, 0.1) is 32.5 Å². The first-order valence-electron chi connectivity index (χ1n) is 4.97. The number of rotatable bonds is 1. The van der Waals surface area contributed by atoms with Crippen molar-refractivity contribution in [2.24, 2.45) is 0 Å². The van der Waals surface area contributed by atoms with Gasteiger partial charge in [-0.15, -0.1) is 0 Å². The Hall–Kier alpha value is -0.160. The van der Waals surface area contributed by atoms with Crippen molar-refractivity contribution in [2.45, 2.75) is 12.1 Å². The second-order valence-corrected chi connectivity index (χ2v) is 3.76. The highest BCUT2D eigenvalue weighted by atomic mass is 16.5. The van der Waals surface area contributed by atoms with Gasteiger partial charge in [-0.05, 0) is 7.05 Å². The fraction of sp³-hybridized carbons (Fsp3) is 1.00. The third kappa shape index (κ3) is 2.20. The number of nitrogens with zero attached hydrogens (tertiary/aromatic N) is 1. The molecule has 76 valence electrons. The van der Waals surface area contributed by atoms with Gasteiger partial charge in [-0.3, -0.25) is 4.90 Å². The molecular formula is C9H18N2O2. The second-order valence-electron chi connectivity index (χ2n) is 3.76. The summed E-state index contributed by atoms with van der Waals surface area (Å²) in [4.78, 5) is 2.36. The van der Waals surface area contributed by atoms with E-state index in [1.165, 1.54) is 0 Å². The third-order valence-corrected chi connectivity index (χ3v) is 2.86. The van der Waals surface area contributed by atoms with E-state index in [0.29, 0.717) is 12.1 Å². The fourth-order valence-corrected chi connectivity index (χ4v) is 1.96. The van der Waals surface area contributed by atoms with E-state index in [0.717, 1.165) is 39.5 Å². The average molecular weight is 186 g/mol. The fourth-order valence-electron chi connectivity index (χ4n) is 1.96. The first-order chi connectivity index (χ1) is 6.38. The van der Waals surface area contributed by atoms with E-state index in [-0.39, 0.29) is 0 Å². The lowest BCUT2D eigenvalue weighted by molar-refractivity contribution is -0.0359. The summed E-state index contributed by atoms with van der Waals surface area (Å²) in [7, 11) is 2.16. The van der Waals surface area contributed by atoms with Crippen LogP contribution in [0.2, 0.25) is 0 Å². The van der Waals surface area contributed by atoms with Gasteiger partial charge in [-0.25, -0.2) is 0 Å². The van der Waals surface area contributed by atoms with Gasteiger partial charge in [0.25, 0.3) is 0 Å². The number of likely N-dealkylation sites (N-methyl/N-ethyl adjacent to an activating group) is 1. The predicted molar refractivity (Wildman–Crippen MR) is 49.8 cm³/mol. The normalized spacial score (nSPS) is 37.6. The molecule has 0 aliphatic carbocycles. The Labute approximate surface area is 79.2 Å². The zero-order valence-electron chi connectivity index (χ0n) is 8.16. The van der Waals surface area contributed by atoms with Crippen molar-refractivity contribution < 1.29 is 9.47 Å². The maximum Gasteiger partial charge on any atom is 0.0638 e. The molecule has 2 aliphatic heterocycles. The summed E-state index contributed by atoms with van der Waals surface area (Å²) in [5, 5.41) is 3.47. The lowest BCUT2D eigenvalue weighted by atomic mass is 10.1. The molecule has 2 atom stereocenters. The topological polar surface area (TPSA) is 33.7 Å². The monoisotopic (exact) mass is 186 g/mol. The Morgan fingerprint density at radius 2 is 2.08 bits per heavy atom. The van der Waals surface area contributed by atoms with Crippen LogP contribution in [0.15, 0.2) is 0 Å². The van der Waals surface area contributed by atoms with Gasteiger partial charge in [0.2, 0.25) is 0 Å². The first kappa shape index (κ1) is 9.40. The molecule has 2 aliphatic rings. The van der Waals surface area contributed by atoms with E-state index in [2.05, 4.69) is 17.3 Å². The van der Waals surface area contributed by atoms with Crippen LogP contribution < -0.4 is 5.32 Å². The van der Waals surface area contributed by atoms with Crippen molar-refractivity contribution in [2.75, 3.05) is 46.6 Å². The number of hydrogen-bond acceptors (Lipinski definition) is 4. The van der Waals surface area contributed by atoms with Crippen molar-refractivity contribution in [1.29, 1.82) is 0 Å². The second kappa shape index (κ2) is 4.37. The molecule has 0 radical (unpaired) electrons. The lowest BCUT2D eigenvalue weighted by Crippen LogP contribution is -2.58. The molecule has 2 heterocycles. The number of hydrogen-bond donors (Lipinski definition) is 1. The minimum atomic E-state index is 0.444. The molecule has 0 bridgehead atoms. The van der Waals surface area contributed by atoms with E-state index in [1.54, 1.807) is 0 Å². The van der Waals surface area contributed by atoms with Crippen LogP contribution in [0.3, 0.4) is 0 Å². The highest BCUT2D eigenvalue weighted by Gasteiger charge is 2.29. The van der Waals surface area contributed by atoms with Gasteiger partial charge < -0.3 is 14.8 Å². The summed E-state index contributed by atoms with van der Waals surface area (Å²) in [5.41, 5.74) is 0. The Morgan fingerprint density at radius 3 is 2.77 bits per heavy atom. The number of morpholine rings is 2.